The van der Waals surface area contributed by atoms with E-state index in [-0.39, 0.29) is 17.9 Å². The van der Waals surface area contributed by atoms with Gasteiger partial charge in [0.05, 0.1) is 6.10 Å². The van der Waals surface area contributed by atoms with Crippen LogP contribution < -0.4 is 15.4 Å². The monoisotopic (exact) mass is 482 g/mol. The van der Waals surface area contributed by atoms with E-state index in [2.05, 4.69) is 20.6 Å². The van der Waals surface area contributed by atoms with Crippen LogP contribution in [0.25, 0.3) is 0 Å². The summed E-state index contributed by atoms with van der Waals surface area (Å²) in [6, 6.07) is 14.9. The first-order chi connectivity index (χ1) is 16.9. The summed E-state index contributed by atoms with van der Waals surface area (Å²) in [6.07, 6.45) is 5.79. The second-order valence-electron chi connectivity index (χ2n) is 9.36. The van der Waals surface area contributed by atoms with Crippen molar-refractivity contribution in [2.45, 2.75) is 69.6 Å². The van der Waals surface area contributed by atoms with Crippen LogP contribution in [0.15, 0.2) is 54.7 Å². The summed E-state index contributed by atoms with van der Waals surface area (Å²) in [5.41, 5.74) is 1.53. The van der Waals surface area contributed by atoms with Crippen LogP contribution in [0, 0.1) is 0 Å². The quantitative estimate of drug-likeness (QED) is 0.358. The zero-order chi connectivity index (χ0) is 24.3. The maximum absolute atomic E-state index is 13.6. The molecule has 0 radical (unpaired) electrons. The molecule has 0 amide bonds. The molecule has 0 saturated heterocycles. The van der Waals surface area contributed by atoms with Gasteiger partial charge in [0.25, 0.3) is 0 Å². The predicted molar refractivity (Wildman–Crippen MR) is 131 cm³/mol. The molecule has 2 aliphatic carbocycles. The van der Waals surface area contributed by atoms with Gasteiger partial charge in [0.2, 0.25) is 5.95 Å². The molecule has 184 valence electrons. The van der Waals surface area contributed by atoms with Gasteiger partial charge >= 0.3 is 6.18 Å². The Morgan fingerprint density at radius 3 is 2.03 bits per heavy atom. The van der Waals surface area contributed by atoms with Gasteiger partial charge in [0, 0.05) is 17.6 Å². The fourth-order valence-electron chi connectivity index (χ4n) is 4.92. The van der Waals surface area contributed by atoms with Crippen LogP contribution in [0.4, 0.5) is 36.3 Å². The first-order valence-corrected chi connectivity index (χ1v) is 12.3. The molecule has 2 N–H and O–H groups in total. The molecule has 0 spiro atoms. The Morgan fingerprint density at radius 1 is 0.771 bits per heavy atom. The van der Waals surface area contributed by atoms with E-state index in [9.17, 15) is 13.2 Å². The van der Waals surface area contributed by atoms with Crippen LogP contribution in [0.1, 0.15) is 68.4 Å². The lowest BCUT2D eigenvalue weighted by molar-refractivity contribution is -0.137. The molecule has 0 bridgehead atoms. The highest BCUT2D eigenvalue weighted by atomic mass is 19.4. The topological polar surface area (TPSA) is 59.1 Å². The average Bonchev–Trinajstić information content (AvgIpc) is 3.55. The molecule has 1 aromatic heterocycles. The van der Waals surface area contributed by atoms with Crippen LogP contribution in [0.3, 0.4) is 0 Å². The minimum atomic E-state index is -4.58. The molecular weight excluding hydrogens is 453 g/mol. The molecule has 8 heteroatoms. The summed E-state index contributed by atoms with van der Waals surface area (Å²) in [6.45, 7) is 0. The minimum absolute atomic E-state index is 0.0764. The number of alkyl halides is 3. The summed E-state index contributed by atoms with van der Waals surface area (Å²) >= 11 is 0. The lowest BCUT2D eigenvalue weighted by atomic mass is 9.97. The van der Waals surface area contributed by atoms with E-state index in [1.807, 2.05) is 36.4 Å². The number of hydrogen-bond donors (Lipinski definition) is 2. The summed E-state index contributed by atoms with van der Waals surface area (Å²) in [7, 11) is 0. The van der Waals surface area contributed by atoms with E-state index in [1.54, 1.807) is 12.1 Å². The molecular formula is C27H29F3N4O. The smallest absolute Gasteiger partial charge is 0.421 e. The van der Waals surface area contributed by atoms with Gasteiger partial charge in [-0.2, -0.15) is 18.2 Å². The van der Waals surface area contributed by atoms with Crippen molar-refractivity contribution in [1.82, 2.24) is 9.97 Å². The normalized spacial score (nSPS) is 17.0. The zero-order valence-corrected chi connectivity index (χ0v) is 19.4. The number of nitrogens with zero attached hydrogens (tertiary/aromatic N) is 2. The second kappa shape index (κ2) is 10.1. The van der Waals surface area contributed by atoms with Crippen molar-refractivity contribution in [2.24, 2.45) is 0 Å². The van der Waals surface area contributed by atoms with E-state index in [4.69, 9.17) is 4.74 Å². The van der Waals surface area contributed by atoms with Crippen molar-refractivity contribution in [3.8, 4) is 5.75 Å². The number of benzene rings is 2. The Bertz CT molecular complexity index is 1120. The minimum Gasteiger partial charge on any atom is -0.490 e. The van der Waals surface area contributed by atoms with Crippen LogP contribution >= 0.6 is 0 Å². The average molecular weight is 483 g/mol. The largest absolute Gasteiger partial charge is 0.490 e. The summed E-state index contributed by atoms with van der Waals surface area (Å²) in [5, 5.41) is 5.83. The van der Waals surface area contributed by atoms with Gasteiger partial charge in [-0.25, -0.2) is 4.98 Å². The molecule has 5 rings (SSSR count). The zero-order valence-electron chi connectivity index (χ0n) is 19.4. The lowest BCUT2D eigenvalue weighted by Gasteiger charge is -2.16. The molecule has 0 unspecified atom stereocenters. The number of aromatic nitrogens is 2. The highest BCUT2D eigenvalue weighted by molar-refractivity contribution is 5.63. The van der Waals surface area contributed by atoms with Crippen molar-refractivity contribution < 1.29 is 17.9 Å². The van der Waals surface area contributed by atoms with Crippen molar-refractivity contribution in [3.63, 3.8) is 0 Å². The van der Waals surface area contributed by atoms with E-state index in [0.29, 0.717) is 17.3 Å². The highest BCUT2D eigenvalue weighted by Gasteiger charge is 2.35. The first kappa shape index (κ1) is 23.5. The van der Waals surface area contributed by atoms with E-state index in [0.717, 1.165) is 24.8 Å². The maximum atomic E-state index is 13.6. The van der Waals surface area contributed by atoms with Gasteiger partial charge in [-0.3, -0.25) is 0 Å². The van der Waals surface area contributed by atoms with Gasteiger partial charge in [-0.15, -0.1) is 0 Å². The fraction of sp³-hybridized carbons (Fsp3) is 0.407. The van der Waals surface area contributed by atoms with Crippen LogP contribution in [0.2, 0.25) is 0 Å². The van der Waals surface area contributed by atoms with Crippen LogP contribution in [0.5, 0.6) is 5.75 Å². The Hall–Kier alpha value is -3.29. The van der Waals surface area contributed by atoms with E-state index >= 15 is 0 Å². The SMILES string of the molecule is FC(F)(F)c1cnc(Nc2ccc(OC3CCCC3)cc2)nc1Nc1ccc(C2CCCC2)cc1. The Labute approximate surface area is 203 Å². The van der Waals surface area contributed by atoms with Crippen molar-refractivity contribution in [3.05, 3.63) is 65.9 Å². The van der Waals surface area contributed by atoms with E-state index in [1.165, 1.54) is 44.1 Å². The molecule has 2 aliphatic rings. The number of halogens is 3. The van der Waals surface area contributed by atoms with Gasteiger partial charge in [0.15, 0.2) is 0 Å². The van der Waals surface area contributed by atoms with Crippen molar-refractivity contribution in [2.75, 3.05) is 10.6 Å². The van der Waals surface area contributed by atoms with Gasteiger partial charge < -0.3 is 15.4 Å². The third-order valence-corrected chi connectivity index (χ3v) is 6.81. The number of rotatable bonds is 7. The number of nitrogens with one attached hydrogen (secondary N) is 2. The molecule has 2 aromatic carbocycles. The van der Waals surface area contributed by atoms with Crippen LogP contribution in [-0.4, -0.2) is 16.1 Å². The highest BCUT2D eigenvalue weighted by Crippen LogP contribution is 2.37. The standard InChI is InChI=1S/C27H29F3N4O/c28-27(29,30)24-17-31-26(33-21-13-15-23(16-14-21)35-22-7-3-4-8-22)34-25(24)32-20-11-9-19(10-12-20)18-5-1-2-6-18/h9-18,22H,1-8H2,(H2,31,32,33,34). The summed E-state index contributed by atoms with van der Waals surface area (Å²) in [5.74, 6) is 1.11. The number of hydrogen-bond acceptors (Lipinski definition) is 5. The third kappa shape index (κ3) is 5.86. The molecule has 0 atom stereocenters. The van der Waals surface area contributed by atoms with Gasteiger partial charge in [-0.1, -0.05) is 25.0 Å². The first-order valence-electron chi connectivity index (χ1n) is 12.3. The molecule has 5 nitrogen and oxygen atoms in total. The van der Waals surface area contributed by atoms with Crippen molar-refractivity contribution in [1.29, 1.82) is 0 Å². The Balaban J connectivity index is 1.31. The summed E-state index contributed by atoms with van der Waals surface area (Å²) < 4.78 is 46.9. The lowest BCUT2D eigenvalue weighted by Crippen LogP contribution is -2.12. The van der Waals surface area contributed by atoms with Crippen molar-refractivity contribution >= 4 is 23.1 Å². The van der Waals surface area contributed by atoms with Gasteiger partial charge in [-0.05, 0) is 86.4 Å². The molecule has 35 heavy (non-hydrogen) atoms. The molecule has 2 fully saturated rings. The van der Waals surface area contributed by atoms with Crippen LogP contribution in [-0.2, 0) is 6.18 Å². The predicted octanol–water partition coefficient (Wildman–Crippen LogP) is 7.96. The molecule has 0 aliphatic heterocycles. The second-order valence-corrected chi connectivity index (χ2v) is 9.36. The maximum Gasteiger partial charge on any atom is 0.421 e. The number of anilines is 4. The Morgan fingerprint density at radius 2 is 1.37 bits per heavy atom. The third-order valence-electron chi connectivity index (χ3n) is 6.81. The summed E-state index contributed by atoms with van der Waals surface area (Å²) in [4.78, 5) is 8.05. The van der Waals surface area contributed by atoms with Gasteiger partial charge in [0.1, 0.15) is 17.1 Å². The number of ether oxygens (including phenoxy) is 1. The van der Waals surface area contributed by atoms with E-state index < -0.39 is 11.7 Å². The fourth-order valence-corrected chi connectivity index (χ4v) is 4.92. The Kier molecular flexibility index (Phi) is 6.79. The molecule has 3 aromatic rings. The molecule has 2 saturated carbocycles. The molecule has 1 heterocycles.